The van der Waals surface area contributed by atoms with E-state index in [2.05, 4.69) is 5.32 Å². The maximum Gasteiger partial charge on any atom is 0.416 e. The van der Waals surface area contributed by atoms with Gasteiger partial charge in [0, 0.05) is 6.42 Å². The zero-order chi connectivity index (χ0) is 11.8. The second-order valence-electron chi connectivity index (χ2n) is 3.78. The maximum absolute atomic E-state index is 12.3. The van der Waals surface area contributed by atoms with Crippen molar-refractivity contribution in [2.45, 2.75) is 25.1 Å². The second kappa shape index (κ2) is 3.81. The van der Waals surface area contributed by atoms with Crippen molar-refractivity contribution in [2.75, 3.05) is 0 Å². The minimum absolute atomic E-state index is 0.0510. The lowest BCUT2D eigenvalue weighted by atomic mass is 10.0. The maximum atomic E-state index is 12.3. The number of hydrogen-bond acceptors (Lipinski definition) is 1. The van der Waals surface area contributed by atoms with Crippen molar-refractivity contribution >= 4 is 5.91 Å². The van der Waals surface area contributed by atoms with Crippen molar-refractivity contribution in [1.29, 1.82) is 0 Å². The van der Waals surface area contributed by atoms with Crippen molar-refractivity contribution in [2.24, 2.45) is 0 Å². The van der Waals surface area contributed by atoms with E-state index in [1.54, 1.807) is 0 Å². The fraction of sp³-hybridized carbons (Fsp3) is 0.364. The first-order chi connectivity index (χ1) is 7.47. The van der Waals surface area contributed by atoms with Crippen molar-refractivity contribution in [1.82, 2.24) is 5.32 Å². The summed E-state index contributed by atoms with van der Waals surface area (Å²) in [4.78, 5) is 11.0. The van der Waals surface area contributed by atoms with Crippen LogP contribution in [0.3, 0.4) is 0 Å². The molecular formula is C11H10F3NO. The highest BCUT2D eigenvalue weighted by Gasteiger charge is 2.30. The van der Waals surface area contributed by atoms with Gasteiger partial charge in [-0.05, 0) is 24.1 Å². The lowest BCUT2D eigenvalue weighted by Gasteiger charge is -2.12. The van der Waals surface area contributed by atoms with Crippen LogP contribution in [-0.4, -0.2) is 5.91 Å². The average Bonchev–Trinajstić information content (AvgIpc) is 2.64. The fourth-order valence-corrected chi connectivity index (χ4v) is 1.77. The molecule has 0 aliphatic carbocycles. The number of carbonyl (C=O) groups excluding carboxylic acids is 1. The van der Waals surface area contributed by atoms with Gasteiger partial charge in [-0.1, -0.05) is 12.1 Å². The van der Waals surface area contributed by atoms with Crippen molar-refractivity contribution in [3.8, 4) is 0 Å². The zero-order valence-corrected chi connectivity index (χ0v) is 8.34. The van der Waals surface area contributed by atoms with Crippen LogP contribution >= 0.6 is 0 Å². The van der Waals surface area contributed by atoms with Crippen LogP contribution in [0.4, 0.5) is 13.2 Å². The van der Waals surface area contributed by atoms with Gasteiger partial charge in [-0.3, -0.25) is 4.79 Å². The van der Waals surface area contributed by atoms with E-state index in [1.807, 2.05) is 0 Å². The summed E-state index contributed by atoms with van der Waals surface area (Å²) >= 11 is 0. The van der Waals surface area contributed by atoms with Crippen LogP contribution < -0.4 is 5.32 Å². The van der Waals surface area contributed by atoms with Gasteiger partial charge in [0.05, 0.1) is 11.6 Å². The molecule has 1 aliphatic heterocycles. The third kappa shape index (κ3) is 2.18. The number of nitrogens with one attached hydrogen (secondary N) is 1. The molecule has 1 amide bonds. The Labute approximate surface area is 90.5 Å². The molecule has 0 aromatic heterocycles. The van der Waals surface area contributed by atoms with E-state index in [4.69, 9.17) is 0 Å². The van der Waals surface area contributed by atoms with Crippen LogP contribution in [0.15, 0.2) is 24.3 Å². The lowest BCUT2D eigenvalue weighted by molar-refractivity contribution is -0.137. The number of alkyl halides is 3. The monoisotopic (exact) mass is 229 g/mol. The molecule has 1 aliphatic rings. The van der Waals surface area contributed by atoms with E-state index >= 15 is 0 Å². The quantitative estimate of drug-likeness (QED) is 0.788. The molecule has 1 aromatic rings. The average molecular weight is 229 g/mol. The van der Waals surface area contributed by atoms with Gasteiger partial charge in [-0.2, -0.15) is 13.2 Å². The van der Waals surface area contributed by atoms with E-state index < -0.39 is 11.7 Å². The summed E-state index contributed by atoms with van der Waals surface area (Å²) in [5.41, 5.74) is 0.0550. The predicted molar refractivity (Wildman–Crippen MR) is 51.6 cm³/mol. The van der Waals surface area contributed by atoms with E-state index in [1.165, 1.54) is 12.1 Å². The second-order valence-corrected chi connectivity index (χ2v) is 3.78. The predicted octanol–water partition coefficient (Wildman–Crippen LogP) is 2.66. The Morgan fingerprint density at radius 2 is 1.81 bits per heavy atom. The molecule has 1 fully saturated rings. The fourth-order valence-electron chi connectivity index (χ4n) is 1.77. The number of halogens is 3. The number of rotatable bonds is 1. The minimum Gasteiger partial charge on any atom is -0.349 e. The smallest absolute Gasteiger partial charge is 0.349 e. The zero-order valence-electron chi connectivity index (χ0n) is 8.34. The molecule has 2 rings (SSSR count). The van der Waals surface area contributed by atoms with Gasteiger partial charge in [-0.15, -0.1) is 0 Å². The van der Waals surface area contributed by atoms with Crippen LogP contribution in [0.2, 0.25) is 0 Å². The molecule has 0 bridgehead atoms. The molecule has 5 heteroatoms. The third-order valence-corrected chi connectivity index (χ3v) is 2.64. The van der Waals surface area contributed by atoms with Crippen molar-refractivity contribution in [3.05, 3.63) is 35.4 Å². The molecule has 16 heavy (non-hydrogen) atoms. The van der Waals surface area contributed by atoms with Gasteiger partial charge >= 0.3 is 6.18 Å². The Bertz CT molecular complexity index is 397. The van der Waals surface area contributed by atoms with Crippen LogP contribution in [0.25, 0.3) is 0 Å². The molecule has 2 nitrogen and oxygen atoms in total. The topological polar surface area (TPSA) is 29.1 Å². The normalized spacial score (nSPS) is 20.9. The molecule has 0 spiro atoms. The Balaban J connectivity index is 2.17. The SMILES string of the molecule is O=C1CC[C@@H](c2ccc(C(F)(F)F)cc2)N1. The van der Waals surface area contributed by atoms with Crippen LogP contribution in [-0.2, 0) is 11.0 Å². The summed E-state index contributed by atoms with van der Waals surface area (Å²) in [6.07, 6.45) is -3.23. The first kappa shape index (κ1) is 11.0. The Kier molecular flexibility index (Phi) is 2.61. The molecule has 86 valence electrons. The molecule has 1 atom stereocenters. The molecule has 1 heterocycles. The largest absolute Gasteiger partial charge is 0.416 e. The molecule has 1 aromatic carbocycles. The molecule has 0 saturated carbocycles. The first-order valence-corrected chi connectivity index (χ1v) is 4.93. The third-order valence-electron chi connectivity index (χ3n) is 2.64. The lowest BCUT2D eigenvalue weighted by Crippen LogP contribution is -2.18. The van der Waals surface area contributed by atoms with E-state index in [0.717, 1.165) is 17.7 Å². The van der Waals surface area contributed by atoms with Gasteiger partial charge in [0.25, 0.3) is 0 Å². The van der Waals surface area contributed by atoms with Crippen LogP contribution in [0, 0.1) is 0 Å². The van der Waals surface area contributed by atoms with Crippen LogP contribution in [0.5, 0.6) is 0 Å². The molecule has 0 radical (unpaired) electrons. The summed E-state index contributed by atoms with van der Waals surface area (Å²) in [6.45, 7) is 0. The standard InChI is InChI=1S/C11H10F3NO/c12-11(13,14)8-3-1-7(2-4-8)9-5-6-10(16)15-9/h1-4,9H,5-6H2,(H,15,16)/t9-/m0/s1. The molecule has 1 N–H and O–H groups in total. The van der Waals surface area contributed by atoms with Crippen molar-refractivity contribution < 1.29 is 18.0 Å². The van der Waals surface area contributed by atoms with Gasteiger partial charge in [0.2, 0.25) is 5.91 Å². The minimum atomic E-state index is -4.31. The highest BCUT2D eigenvalue weighted by atomic mass is 19.4. The number of carbonyl (C=O) groups is 1. The van der Waals surface area contributed by atoms with Gasteiger partial charge in [-0.25, -0.2) is 0 Å². The van der Waals surface area contributed by atoms with Crippen molar-refractivity contribution in [3.63, 3.8) is 0 Å². The molecule has 0 unspecified atom stereocenters. The summed E-state index contributed by atoms with van der Waals surface area (Å²) in [5.74, 6) is -0.0510. The van der Waals surface area contributed by atoms with E-state index in [0.29, 0.717) is 12.8 Å². The van der Waals surface area contributed by atoms with E-state index in [9.17, 15) is 18.0 Å². The number of hydrogen-bond donors (Lipinski definition) is 1. The Morgan fingerprint density at radius 1 is 1.19 bits per heavy atom. The Hall–Kier alpha value is -1.52. The molecule has 1 saturated heterocycles. The number of benzene rings is 1. The summed E-state index contributed by atoms with van der Waals surface area (Å²) in [6, 6.07) is 4.77. The summed E-state index contributed by atoms with van der Waals surface area (Å²) in [7, 11) is 0. The summed E-state index contributed by atoms with van der Waals surface area (Å²) < 4.78 is 36.9. The van der Waals surface area contributed by atoms with Gasteiger partial charge in [0.1, 0.15) is 0 Å². The first-order valence-electron chi connectivity index (χ1n) is 4.93. The van der Waals surface area contributed by atoms with Crippen LogP contribution in [0.1, 0.15) is 30.0 Å². The van der Waals surface area contributed by atoms with Gasteiger partial charge in [0.15, 0.2) is 0 Å². The number of amides is 1. The highest BCUT2D eigenvalue weighted by molar-refractivity contribution is 5.78. The van der Waals surface area contributed by atoms with E-state index in [-0.39, 0.29) is 11.9 Å². The molecular weight excluding hydrogens is 219 g/mol. The highest BCUT2D eigenvalue weighted by Crippen LogP contribution is 2.31. The van der Waals surface area contributed by atoms with Gasteiger partial charge < -0.3 is 5.32 Å². The Morgan fingerprint density at radius 3 is 2.25 bits per heavy atom. The summed E-state index contributed by atoms with van der Waals surface area (Å²) in [5, 5.41) is 2.71.